The molecule has 0 aliphatic carbocycles. The molecule has 0 atom stereocenters. The van der Waals surface area contributed by atoms with E-state index < -0.39 is 10.0 Å². The molecule has 112 valence electrons. The second-order valence-corrected chi connectivity index (χ2v) is 7.73. The van der Waals surface area contributed by atoms with Crippen LogP contribution in [0.2, 0.25) is 0 Å². The van der Waals surface area contributed by atoms with Gasteiger partial charge in [0.2, 0.25) is 10.0 Å². The lowest BCUT2D eigenvalue weighted by Gasteiger charge is -2.35. The maximum Gasteiger partial charge on any atom is 0.214 e. The summed E-state index contributed by atoms with van der Waals surface area (Å²) in [5.74, 6) is 0.697. The quantitative estimate of drug-likeness (QED) is 0.793. The Kier molecular flexibility index (Phi) is 5.62. The van der Waals surface area contributed by atoms with Gasteiger partial charge in [0.25, 0.3) is 0 Å². The maximum absolute atomic E-state index is 12.4. The van der Waals surface area contributed by atoms with Crippen LogP contribution in [0.15, 0.2) is 0 Å². The summed E-state index contributed by atoms with van der Waals surface area (Å²) < 4.78 is 26.5. The van der Waals surface area contributed by atoms with Gasteiger partial charge in [0.05, 0.1) is 5.75 Å². The number of nitrogens with one attached hydrogen (secondary N) is 1. The van der Waals surface area contributed by atoms with Gasteiger partial charge in [-0.2, -0.15) is 4.31 Å². The second-order valence-electron chi connectivity index (χ2n) is 5.71. The molecular formula is C13H27N3O2S. The fourth-order valence-electron chi connectivity index (χ4n) is 3.00. The van der Waals surface area contributed by atoms with Crippen molar-refractivity contribution in [3.8, 4) is 0 Å². The third kappa shape index (κ3) is 4.41. The molecule has 0 aromatic carbocycles. The molecule has 0 amide bonds. The van der Waals surface area contributed by atoms with E-state index >= 15 is 0 Å². The zero-order chi connectivity index (χ0) is 13.7. The summed E-state index contributed by atoms with van der Waals surface area (Å²) >= 11 is 0. The molecule has 2 saturated heterocycles. The molecule has 0 spiro atoms. The van der Waals surface area contributed by atoms with E-state index in [0.717, 1.165) is 52.0 Å². The van der Waals surface area contributed by atoms with Crippen LogP contribution in [0.3, 0.4) is 0 Å². The summed E-state index contributed by atoms with van der Waals surface area (Å²) in [7, 11) is -3.04. The van der Waals surface area contributed by atoms with E-state index in [1.54, 1.807) is 4.31 Å². The monoisotopic (exact) mass is 289 g/mol. The molecule has 0 saturated carbocycles. The number of hydrogen-bond acceptors (Lipinski definition) is 4. The van der Waals surface area contributed by atoms with Crippen LogP contribution in [0, 0.1) is 5.92 Å². The first-order valence-corrected chi connectivity index (χ1v) is 9.13. The van der Waals surface area contributed by atoms with Crippen LogP contribution in [0.4, 0.5) is 0 Å². The number of nitrogens with zero attached hydrogens (tertiary/aromatic N) is 2. The highest BCUT2D eigenvalue weighted by Crippen LogP contribution is 2.17. The fraction of sp³-hybridized carbons (Fsp3) is 1.00. The van der Waals surface area contributed by atoms with Crippen LogP contribution in [-0.4, -0.2) is 69.2 Å². The molecule has 2 aliphatic rings. The molecule has 0 unspecified atom stereocenters. The first-order chi connectivity index (χ1) is 9.12. The van der Waals surface area contributed by atoms with Gasteiger partial charge < -0.3 is 10.2 Å². The van der Waals surface area contributed by atoms with E-state index in [4.69, 9.17) is 0 Å². The number of piperazine rings is 1. The molecule has 6 heteroatoms. The van der Waals surface area contributed by atoms with Gasteiger partial charge >= 0.3 is 0 Å². The van der Waals surface area contributed by atoms with Crippen molar-refractivity contribution >= 4 is 10.0 Å². The van der Waals surface area contributed by atoms with Gasteiger partial charge in [0, 0.05) is 26.2 Å². The SMILES string of the molecule is CCCN1CCN(S(=O)(=O)CC2CCNCC2)CC1. The van der Waals surface area contributed by atoms with E-state index in [1.807, 2.05) is 0 Å². The summed E-state index contributed by atoms with van der Waals surface area (Å²) in [5, 5.41) is 3.28. The molecule has 19 heavy (non-hydrogen) atoms. The Labute approximate surface area is 117 Å². The molecule has 0 aromatic heterocycles. The van der Waals surface area contributed by atoms with Crippen LogP contribution in [0.25, 0.3) is 0 Å². The maximum atomic E-state index is 12.4. The highest BCUT2D eigenvalue weighted by atomic mass is 32.2. The third-order valence-electron chi connectivity index (χ3n) is 4.17. The Morgan fingerprint density at radius 1 is 1.11 bits per heavy atom. The molecule has 5 nitrogen and oxygen atoms in total. The van der Waals surface area contributed by atoms with Crippen LogP contribution in [0.5, 0.6) is 0 Å². The van der Waals surface area contributed by atoms with Crippen molar-refractivity contribution in [2.45, 2.75) is 26.2 Å². The number of piperidine rings is 1. The predicted molar refractivity (Wildman–Crippen MR) is 77.7 cm³/mol. The number of rotatable bonds is 5. The number of sulfonamides is 1. The van der Waals surface area contributed by atoms with Gasteiger partial charge in [-0.3, -0.25) is 0 Å². The fourth-order valence-corrected chi connectivity index (χ4v) is 4.86. The standard InChI is InChI=1S/C13H27N3O2S/c1-2-7-15-8-10-16(11-9-15)19(17,18)12-13-3-5-14-6-4-13/h13-14H,2-12H2,1H3. The Morgan fingerprint density at radius 2 is 1.74 bits per heavy atom. The highest BCUT2D eigenvalue weighted by molar-refractivity contribution is 7.89. The van der Waals surface area contributed by atoms with Crippen molar-refractivity contribution in [3.05, 3.63) is 0 Å². The van der Waals surface area contributed by atoms with Crippen molar-refractivity contribution in [1.82, 2.24) is 14.5 Å². The lowest BCUT2D eigenvalue weighted by molar-refractivity contribution is 0.188. The van der Waals surface area contributed by atoms with Crippen molar-refractivity contribution in [2.24, 2.45) is 5.92 Å². The molecule has 2 rings (SSSR count). The van der Waals surface area contributed by atoms with Gasteiger partial charge in [0.1, 0.15) is 0 Å². The normalized spacial score (nSPS) is 24.7. The highest BCUT2D eigenvalue weighted by Gasteiger charge is 2.29. The zero-order valence-electron chi connectivity index (χ0n) is 12.0. The van der Waals surface area contributed by atoms with Crippen molar-refractivity contribution in [2.75, 3.05) is 51.6 Å². The molecule has 1 N–H and O–H groups in total. The van der Waals surface area contributed by atoms with Crippen molar-refractivity contribution < 1.29 is 8.42 Å². The van der Waals surface area contributed by atoms with E-state index in [9.17, 15) is 8.42 Å². The average Bonchev–Trinajstić information content (AvgIpc) is 2.40. The lowest BCUT2D eigenvalue weighted by Crippen LogP contribution is -2.50. The molecule has 2 heterocycles. The average molecular weight is 289 g/mol. The first-order valence-electron chi connectivity index (χ1n) is 7.52. The van der Waals surface area contributed by atoms with E-state index in [1.165, 1.54) is 0 Å². The smallest absolute Gasteiger partial charge is 0.214 e. The van der Waals surface area contributed by atoms with Crippen molar-refractivity contribution in [3.63, 3.8) is 0 Å². The summed E-state index contributed by atoms with van der Waals surface area (Å²) in [6.07, 6.45) is 3.13. The Morgan fingerprint density at radius 3 is 2.32 bits per heavy atom. The van der Waals surface area contributed by atoms with E-state index in [2.05, 4.69) is 17.1 Å². The molecule has 0 aromatic rings. The molecule has 2 aliphatic heterocycles. The van der Waals surface area contributed by atoms with Gasteiger partial charge in [-0.15, -0.1) is 0 Å². The molecular weight excluding hydrogens is 262 g/mol. The Bertz CT molecular complexity index is 358. The van der Waals surface area contributed by atoms with Gasteiger partial charge in [0.15, 0.2) is 0 Å². The topological polar surface area (TPSA) is 52.7 Å². The van der Waals surface area contributed by atoms with E-state index in [-0.39, 0.29) is 0 Å². The molecule has 0 bridgehead atoms. The summed E-state index contributed by atoms with van der Waals surface area (Å²) in [4.78, 5) is 2.36. The van der Waals surface area contributed by atoms with Crippen LogP contribution >= 0.6 is 0 Å². The predicted octanol–water partition coefficient (Wildman–Crippen LogP) is 0.343. The summed E-state index contributed by atoms with van der Waals surface area (Å²) in [5.41, 5.74) is 0. The minimum absolute atomic E-state index is 0.347. The third-order valence-corrected chi connectivity index (χ3v) is 6.21. The minimum atomic E-state index is -3.04. The number of hydrogen-bond donors (Lipinski definition) is 1. The molecule has 2 fully saturated rings. The minimum Gasteiger partial charge on any atom is -0.317 e. The van der Waals surface area contributed by atoms with Gasteiger partial charge in [-0.05, 0) is 44.8 Å². The Balaban J connectivity index is 1.83. The van der Waals surface area contributed by atoms with Crippen LogP contribution in [0.1, 0.15) is 26.2 Å². The zero-order valence-corrected chi connectivity index (χ0v) is 12.8. The Hall–Kier alpha value is -0.170. The largest absolute Gasteiger partial charge is 0.317 e. The second kappa shape index (κ2) is 7.02. The van der Waals surface area contributed by atoms with Crippen LogP contribution < -0.4 is 5.32 Å². The lowest BCUT2D eigenvalue weighted by atomic mass is 10.0. The van der Waals surface area contributed by atoms with Crippen LogP contribution in [-0.2, 0) is 10.0 Å². The summed E-state index contributed by atoms with van der Waals surface area (Å²) in [6.45, 7) is 8.30. The molecule has 0 radical (unpaired) electrons. The van der Waals surface area contributed by atoms with Gasteiger partial charge in [-0.25, -0.2) is 8.42 Å². The van der Waals surface area contributed by atoms with Gasteiger partial charge in [-0.1, -0.05) is 6.92 Å². The van der Waals surface area contributed by atoms with Crippen molar-refractivity contribution in [1.29, 1.82) is 0 Å². The first kappa shape index (κ1) is 15.2. The summed E-state index contributed by atoms with van der Waals surface area (Å²) in [6, 6.07) is 0. The van der Waals surface area contributed by atoms with E-state index in [0.29, 0.717) is 24.8 Å².